The second-order valence-corrected chi connectivity index (χ2v) is 12.4. The number of para-hydroxylation sites is 1. The van der Waals surface area contributed by atoms with Gasteiger partial charge in [-0.05, 0) is 95.3 Å². The summed E-state index contributed by atoms with van der Waals surface area (Å²) in [7, 11) is 0. The molecule has 1 nitrogen and oxygen atoms in total. The molecule has 0 aliphatic rings. The van der Waals surface area contributed by atoms with Crippen molar-refractivity contribution in [3.8, 4) is 33.4 Å². The van der Waals surface area contributed by atoms with Crippen molar-refractivity contribution in [3.63, 3.8) is 0 Å². The van der Waals surface area contributed by atoms with Crippen molar-refractivity contribution in [1.82, 2.24) is 0 Å². The predicted octanol–water partition coefficient (Wildman–Crippen LogP) is 13.2. The van der Waals surface area contributed by atoms with Gasteiger partial charge in [0, 0.05) is 16.2 Å². The molecule has 0 saturated heterocycles. The quantitative estimate of drug-likeness (QED) is 0.185. The van der Waals surface area contributed by atoms with E-state index in [1.807, 2.05) is 6.07 Å². The van der Waals surface area contributed by atoms with Crippen molar-refractivity contribution < 1.29 is 4.42 Å². The summed E-state index contributed by atoms with van der Waals surface area (Å²) < 4.78 is 6.48. The predicted molar refractivity (Wildman–Crippen MR) is 200 cm³/mol. The largest absolute Gasteiger partial charge is 0.455 e. The Labute approximate surface area is 271 Å². The summed E-state index contributed by atoms with van der Waals surface area (Å²) in [5.41, 5.74) is 9.27. The Morgan fingerprint density at radius 1 is 0.298 bits per heavy atom. The van der Waals surface area contributed by atoms with Gasteiger partial charge in [-0.3, -0.25) is 0 Å². The molecule has 0 fully saturated rings. The smallest absolute Gasteiger partial charge is 0.143 e. The summed E-state index contributed by atoms with van der Waals surface area (Å²) in [6, 6.07) is 61.6. The van der Waals surface area contributed by atoms with Crippen molar-refractivity contribution in [3.05, 3.63) is 170 Å². The molecule has 0 saturated carbocycles. The molecule has 0 N–H and O–H groups in total. The number of hydrogen-bond acceptors (Lipinski definition) is 1. The van der Waals surface area contributed by atoms with Crippen LogP contribution in [0.15, 0.2) is 174 Å². The van der Waals surface area contributed by atoms with Gasteiger partial charge in [-0.15, -0.1) is 0 Å². The number of rotatable bonds is 3. The van der Waals surface area contributed by atoms with Crippen LogP contribution < -0.4 is 0 Å². The van der Waals surface area contributed by atoms with E-state index in [9.17, 15) is 0 Å². The maximum atomic E-state index is 6.48. The third-order valence-electron chi connectivity index (χ3n) is 9.83. The van der Waals surface area contributed by atoms with E-state index < -0.39 is 0 Å². The van der Waals surface area contributed by atoms with Crippen LogP contribution in [0.3, 0.4) is 0 Å². The third kappa shape index (κ3) is 3.97. The molecule has 9 aromatic carbocycles. The summed E-state index contributed by atoms with van der Waals surface area (Å²) in [5.74, 6) is 0. The zero-order chi connectivity index (χ0) is 30.9. The van der Waals surface area contributed by atoms with Crippen molar-refractivity contribution in [1.29, 1.82) is 0 Å². The van der Waals surface area contributed by atoms with E-state index in [2.05, 4.69) is 164 Å². The molecule has 0 atom stereocenters. The molecule has 0 unspecified atom stereocenters. The van der Waals surface area contributed by atoms with Crippen LogP contribution in [0.5, 0.6) is 0 Å². The first kappa shape index (κ1) is 26.1. The summed E-state index contributed by atoms with van der Waals surface area (Å²) in [4.78, 5) is 0. The van der Waals surface area contributed by atoms with Gasteiger partial charge >= 0.3 is 0 Å². The van der Waals surface area contributed by atoms with Crippen molar-refractivity contribution in [2.75, 3.05) is 0 Å². The molecular formula is C46H28O. The van der Waals surface area contributed by atoms with Crippen LogP contribution in [0.2, 0.25) is 0 Å². The Kier molecular flexibility index (Phi) is 5.64. The number of hydrogen-bond donors (Lipinski definition) is 0. The van der Waals surface area contributed by atoms with E-state index in [0.29, 0.717) is 0 Å². The minimum atomic E-state index is 0.923. The van der Waals surface area contributed by atoms with Gasteiger partial charge in [-0.1, -0.05) is 146 Å². The van der Waals surface area contributed by atoms with Crippen LogP contribution in [-0.2, 0) is 0 Å². The second-order valence-electron chi connectivity index (χ2n) is 12.4. The van der Waals surface area contributed by atoms with Gasteiger partial charge in [-0.2, -0.15) is 0 Å². The lowest BCUT2D eigenvalue weighted by Gasteiger charge is -2.18. The van der Waals surface area contributed by atoms with Gasteiger partial charge < -0.3 is 4.42 Å². The van der Waals surface area contributed by atoms with Crippen LogP contribution >= 0.6 is 0 Å². The lowest BCUT2D eigenvalue weighted by Crippen LogP contribution is -1.91. The Morgan fingerprint density at radius 2 is 0.830 bits per heavy atom. The van der Waals surface area contributed by atoms with E-state index in [0.717, 1.165) is 27.3 Å². The Bertz CT molecular complexity index is 2790. The van der Waals surface area contributed by atoms with Gasteiger partial charge in [0.05, 0.1) is 0 Å². The SMILES string of the molecule is c1cc(-c2cccc3ccccc23)cc(-c2c3ccccc3c(-c3ccc4ccc5c6ccccc6oc5c4c3)c3ccccc23)c1. The molecule has 47 heavy (non-hydrogen) atoms. The standard InChI is InChI=1S/C46H28O/c1-2-15-34-29(11-1)12-10-21-35(34)31-13-9-14-32(27-31)44-37-17-3-5-19-39(37)45(40-20-6-4-18-38(40)44)33-24-23-30-25-26-41-36-16-7-8-22-43(36)47-46(41)42(30)28-33/h1-28H. The average Bonchev–Trinajstić information content (AvgIpc) is 3.53. The van der Waals surface area contributed by atoms with Gasteiger partial charge in [0.2, 0.25) is 0 Å². The fraction of sp³-hybridized carbons (Fsp3) is 0. The maximum Gasteiger partial charge on any atom is 0.143 e. The van der Waals surface area contributed by atoms with Gasteiger partial charge in [0.15, 0.2) is 0 Å². The van der Waals surface area contributed by atoms with Crippen LogP contribution in [-0.4, -0.2) is 0 Å². The molecule has 0 aliphatic carbocycles. The Morgan fingerprint density at radius 3 is 1.57 bits per heavy atom. The summed E-state index contributed by atoms with van der Waals surface area (Å²) in [6.45, 7) is 0. The fourth-order valence-electron chi connectivity index (χ4n) is 7.73. The third-order valence-corrected chi connectivity index (χ3v) is 9.83. The molecule has 0 bridgehead atoms. The maximum absolute atomic E-state index is 6.48. The molecule has 1 heteroatoms. The van der Waals surface area contributed by atoms with E-state index in [4.69, 9.17) is 4.42 Å². The minimum Gasteiger partial charge on any atom is -0.455 e. The first-order valence-corrected chi connectivity index (χ1v) is 16.2. The molecule has 1 aromatic heterocycles. The van der Waals surface area contributed by atoms with Gasteiger partial charge in [-0.25, -0.2) is 0 Å². The molecule has 0 aliphatic heterocycles. The highest BCUT2D eigenvalue weighted by Gasteiger charge is 2.18. The van der Waals surface area contributed by atoms with Crippen molar-refractivity contribution in [2.45, 2.75) is 0 Å². The molecule has 10 rings (SSSR count). The normalized spacial score (nSPS) is 11.8. The van der Waals surface area contributed by atoms with E-state index in [-0.39, 0.29) is 0 Å². The first-order valence-electron chi connectivity index (χ1n) is 16.2. The zero-order valence-electron chi connectivity index (χ0n) is 25.6. The monoisotopic (exact) mass is 596 g/mol. The number of fused-ring (bicyclic) bond motifs is 8. The molecule has 1 heterocycles. The van der Waals surface area contributed by atoms with Gasteiger partial charge in [0.1, 0.15) is 11.2 Å². The van der Waals surface area contributed by atoms with E-state index in [1.165, 1.54) is 71.1 Å². The number of benzene rings is 9. The van der Waals surface area contributed by atoms with Gasteiger partial charge in [0.25, 0.3) is 0 Å². The topological polar surface area (TPSA) is 13.1 Å². The second kappa shape index (κ2) is 10.2. The van der Waals surface area contributed by atoms with E-state index >= 15 is 0 Å². The zero-order valence-corrected chi connectivity index (χ0v) is 25.6. The molecule has 0 radical (unpaired) electrons. The highest BCUT2D eigenvalue weighted by molar-refractivity contribution is 6.23. The highest BCUT2D eigenvalue weighted by atomic mass is 16.3. The minimum absolute atomic E-state index is 0.923. The van der Waals surface area contributed by atoms with Crippen LogP contribution in [0.1, 0.15) is 0 Å². The Hall–Kier alpha value is -6.18. The first-order chi connectivity index (χ1) is 23.3. The Balaban J connectivity index is 1.24. The van der Waals surface area contributed by atoms with Crippen LogP contribution in [0.4, 0.5) is 0 Å². The average molecular weight is 597 g/mol. The van der Waals surface area contributed by atoms with Crippen LogP contribution in [0, 0.1) is 0 Å². The lowest BCUT2D eigenvalue weighted by molar-refractivity contribution is 0.672. The van der Waals surface area contributed by atoms with E-state index in [1.54, 1.807) is 0 Å². The molecule has 0 amide bonds. The number of furan rings is 1. The molecule has 10 aromatic rings. The highest BCUT2D eigenvalue weighted by Crippen LogP contribution is 2.45. The summed E-state index contributed by atoms with van der Waals surface area (Å²) >= 11 is 0. The summed E-state index contributed by atoms with van der Waals surface area (Å²) in [6.07, 6.45) is 0. The van der Waals surface area contributed by atoms with Crippen molar-refractivity contribution in [2.24, 2.45) is 0 Å². The lowest BCUT2D eigenvalue weighted by atomic mass is 9.85. The summed E-state index contributed by atoms with van der Waals surface area (Å²) in [5, 5.41) is 12.1. The fourth-order valence-corrected chi connectivity index (χ4v) is 7.73. The molecular weight excluding hydrogens is 569 g/mol. The van der Waals surface area contributed by atoms with Crippen LogP contribution in [0.25, 0.3) is 98.4 Å². The van der Waals surface area contributed by atoms with Crippen molar-refractivity contribution >= 4 is 65.0 Å². The molecule has 218 valence electrons. The molecule has 0 spiro atoms.